The van der Waals surface area contributed by atoms with Gasteiger partial charge in [-0.2, -0.15) is 0 Å². The fourth-order valence-electron chi connectivity index (χ4n) is 2.80. The fraction of sp³-hybridized carbons (Fsp3) is 0.143. The zero-order chi connectivity index (χ0) is 17.6. The lowest BCUT2D eigenvalue weighted by atomic mass is 10.0. The highest BCUT2D eigenvalue weighted by Crippen LogP contribution is 2.19. The van der Waals surface area contributed by atoms with Gasteiger partial charge in [0.1, 0.15) is 0 Å². The minimum Gasteiger partial charge on any atom is -0.359 e. The summed E-state index contributed by atoms with van der Waals surface area (Å²) in [6.07, 6.45) is 0.655. The number of amides is 2. The highest BCUT2D eigenvalue weighted by molar-refractivity contribution is 5.96. The molecule has 0 saturated carbocycles. The molecule has 126 valence electrons. The van der Waals surface area contributed by atoms with Gasteiger partial charge in [0.25, 0.3) is 0 Å². The van der Waals surface area contributed by atoms with E-state index >= 15 is 0 Å². The van der Waals surface area contributed by atoms with Crippen LogP contribution < -0.4 is 10.6 Å². The van der Waals surface area contributed by atoms with Crippen molar-refractivity contribution in [2.75, 3.05) is 12.4 Å². The molecule has 2 N–H and O–H groups in total. The van der Waals surface area contributed by atoms with Gasteiger partial charge in [-0.15, -0.1) is 0 Å². The number of carbonyl (C=O) groups is 2. The van der Waals surface area contributed by atoms with Crippen molar-refractivity contribution in [1.29, 1.82) is 0 Å². The summed E-state index contributed by atoms with van der Waals surface area (Å²) in [5.74, 6) is -0.0943. The van der Waals surface area contributed by atoms with Crippen molar-refractivity contribution < 1.29 is 9.59 Å². The molecule has 3 aromatic carbocycles. The number of benzene rings is 3. The minimum atomic E-state index is -0.0598. The Hall–Kier alpha value is -3.14. The maximum Gasteiger partial charge on any atom is 0.228 e. The maximum atomic E-state index is 12.4. The summed E-state index contributed by atoms with van der Waals surface area (Å²) in [4.78, 5) is 23.7. The molecule has 0 spiro atoms. The van der Waals surface area contributed by atoms with Gasteiger partial charge in [0.05, 0.1) is 12.8 Å². The molecule has 0 aliphatic carbocycles. The summed E-state index contributed by atoms with van der Waals surface area (Å²) in [6.45, 7) is 0. The number of anilines is 1. The summed E-state index contributed by atoms with van der Waals surface area (Å²) in [5.41, 5.74) is 2.64. The van der Waals surface area contributed by atoms with E-state index in [0.717, 1.165) is 27.6 Å². The molecular weight excluding hydrogens is 312 g/mol. The summed E-state index contributed by atoms with van der Waals surface area (Å²) in [5, 5.41) is 7.73. The van der Waals surface area contributed by atoms with Crippen LogP contribution in [0.4, 0.5) is 5.69 Å². The van der Waals surface area contributed by atoms with Gasteiger partial charge in [0.2, 0.25) is 11.8 Å². The standard InChI is InChI=1S/C21H20N2O2/c1-22-20(24)13-15-9-11-18(12-10-15)23-21(25)14-17-7-4-6-16-5-2-3-8-19(16)17/h2-12H,13-14H2,1H3,(H,22,24)(H,23,25). The SMILES string of the molecule is CNC(=O)Cc1ccc(NC(=O)Cc2cccc3ccccc23)cc1. The van der Waals surface area contributed by atoms with E-state index in [9.17, 15) is 9.59 Å². The number of nitrogens with one attached hydrogen (secondary N) is 2. The molecule has 0 aliphatic heterocycles. The van der Waals surface area contributed by atoms with Crippen molar-refractivity contribution in [1.82, 2.24) is 5.32 Å². The molecule has 3 rings (SSSR count). The van der Waals surface area contributed by atoms with Crippen LogP contribution in [0.25, 0.3) is 10.8 Å². The van der Waals surface area contributed by atoms with E-state index in [1.807, 2.05) is 66.7 Å². The Bertz CT molecular complexity index is 896. The molecule has 0 atom stereocenters. The molecule has 4 heteroatoms. The largest absolute Gasteiger partial charge is 0.359 e. The lowest BCUT2D eigenvalue weighted by Crippen LogP contribution is -2.20. The van der Waals surface area contributed by atoms with Crippen LogP contribution in [0.2, 0.25) is 0 Å². The predicted octanol–water partition coefficient (Wildman–Crippen LogP) is 3.31. The van der Waals surface area contributed by atoms with Crippen LogP contribution in [-0.4, -0.2) is 18.9 Å². The third-order valence-electron chi connectivity index (χ3n) is 4.11. The summed E-state index contributed by atoms with van der Waals surface area (Å²) >= 11 is 0. The number of fused-ring (bicyclic) bond motifs is 1. The number of carbonyl (C=O) groups excluding carboxylic acids is 2. The molecule has 0 aliphatic rings. The van der Waals surface area contributed by atoms with Crippen molar-refractivity contribution in [3.05, 3.63) is 77.9 Å². The van der Waals surface area contributed by atoms with Crippen LogP contribution in [-0.2, 0) is 22.4 Å². The van der Waals surface area contributed by atoms with Crippen LogP contribution in [0.15, 0.2) is 66.7 Å². The molecule has 0 saturated heterocycles. The normalized spacial score (nSPS) is 10.4. The first-order valence-electron chi connectivity index (χ1n) is 8.22. The quantitative estimate of drug-likeness (QED) is 0.753. The first kappa shape index (κ1) is 16.7. The lowest BCUT2D eigenvalue weighted by Gasteiger charge is -2.09. The Morgan fingerprint density at radius 1 is 0.800 bits per heavy atom. The molecule has 25 heavy (non-hydrogen) atoms. The number of hydrogen-bond acceptors (Lipinski definition) is 2. The Morgan fingerprint density at radius 2 is 1.52 bits per heavy atom. The average Bonchev–Trinajstić information content (AvgIpc) is 2.63. The van der Waals surface area contributed by atoms with Crippen LogP contribution in [0.1, 0.15) is 11.1 Å². The topological polar surface area (TPSA) is 58.2 Å². The molecule has 0 radical (unpaired) electrons. The van der Waals surface area contributed by atoms with E-state index in [-0.39, 0.29) is 11.8 Å². The number of hydrogen-bond donors (Lipinski definition) is 2. The van der Waals surface area contributed by atoms with Gasteiger partial charge < -0.3 is 10.6 Å². The Kier molecular flexibility index (Phi) is 5.09. The van der Waals surface area contributed by atoms with E-state index in [4.69, 9.17) is 0 Å². The molecular formula is C21H20N2O2. The third-order valence-corrected chi connectivity index (χ3v) is 4.11. The van der Waals surface area contributed by atoms with E-state index in [1.54, 1.807) is 7.05 Å². The maximum absolute atomic E-state index is 12.4. The van der Waals surface area contributed by atoms with Gasteiger partial charge in [-0.25, -0.2) is 0 Å². The third kappa shape index (κ3) is 4.23. The predicted molar refractivity (Wildman–Crippen MR) is 100 cm³/mol. The van der Waals surface area contributed by atoms with Crippen molar-refractivity contribution in [3.8, 4) is 0 Å². The van der Waals surface area contributed by atoms with Crippen molar-refractivity contribution in [3.63, 3.8) is 0 Å². The van der Waals surface area contributed by atoms with E-state index in [1.165, 1.54) is 0 Å². The summed E-state index contributed by atoms with van der Waals surface area (Å²) in [7, 11) is 1.62. The first-order chi connectivity index (χ1) is 12.2. The van der Waals surface area contributed by atoms with Crippen molar-refractivity contribution in [2.24, 2.45) is 0 Å². The highest BCUT2D eigenvalue weighted by atomic mass is 16.2. The van der Waals surface area contributed by atoms with Gasteiger partial charge in [-0.05, 0) is 34.0 Å². The van der Waals surface area contributed by atoms with Crippen molar-refractivity contribution >= 4 is 28.3 Å². The Balaban J connectivity index is 1.67. The lowest BCUT2D eigenvalue weighted by molar-refractivity contribution is -0.120. The van der Waals surface area contributed by atoms with Gasteiger partial charge in [-0.3, -0.25) is 9.59 Å². The average molecular weight is 332 g/mol. The smallest absolute Gasteiger partial charge is 0.228 e. The molecule has 0 bridgehead atoms. The van der Waals surface area contributed by atoms with Gasteiger partial charge >= 0.3 is 0 Å². The fourth-order valence-corrected chi connectivity index (χ4v) is 2.80. The van der Waals surface area contributed by atoms with E-state index in [2.05, 4.69) is 10.6 Å². The van der Waals surface area contributed by atoms with Crippen LogP contribution in [0.3, 0.4) is 0 Å². The minimum absolute atomic E-state index is 0.0345. The monoisotopic (exact) mass is 332 g/mol. The molecule has 0 unspecified atom stereocenters. The summed E-state index contributed by atoms with van der Waals surface area (Å²) < 4.78 is 0. The van der Waals surface area contributed by atoms with Crippen LogP contribution >= 0.6 is 0 Å². The molecule has 0 fully saturated rings. The number of likely N-dealkylation sites (N-methyl/N-ethyl adjacent to an activating group) is 1. The van der Waals surface area contributed by atoms with E-state index in [0.29, 0.717) is 12.8 Å². The molecule has 3 aromatic rings. The van der Waals surface area contributed by atoms with Gasteiger partial charge in [0.15, 0.2) is 0 Å². The van der Waals surface area contributed by atoms with Gasteiger partial charge in [0, 0.05) is 12.7 Å². The van der Waals surface area contributed by atoms with Crippen molar-refractivity contribution in [2.45, 2.75) is 12.8 Å². The number of rotatable bonds is 5. The second-order valence-corrected chi connectivity index (χ2v) is 5.91. The second kappa shape index (κ2) is 7.62. The zero-order valence-corrected chi connectivity index (χ0v) is 14.1. The second-order valence-electron chi connectivity index (χ2n) is 5.91. The molecule has 4 nitrogen and oxygen atoms in total. The van der Waals surface area contributed by atoms with Gasteiger partial charge in [-0.1, -0.05) is 54.6 Å². The first-order valence-corrected chi connectivity index (χ1v) is 8.22. The van der Waals surface area contributed by atoms with E-state index < -0.39 is 0 Å². The molecule has 0 aromatic heterocycles. The Morgan fingerprint density at radius 3 is 2.28 bits per heavy atom. The Labute approximate surface area is 146 Å². The summed E-state index contributed by atoms with van der Waals surface area (Å²) in [6, 6.07) is 21.4. The molecule has 2 amide bonds. The highest BCUT2D eigenvalue weighted by Gasteiger charge is 2.08. The zero-order valence-electron chi connectivity index (χ0n) is 14.1. The molecule has 0 heterocycles. The van der Waals surface area contributed by atoms with Crippen LogP contribution in [0, 0.1) is 0 Å². The van der Waals surface area contributed by atoms with Crippen LogP contribution in [0.5, 0.6) is 0 Å².